The molecule has 4 rings (SSSR count). The molecule has 9 nitrogen and oxygen atoms in total. The molecule has 1 aliphatic rings. The van der Waals surface area contributed by atoms with Crippen LogP contribution in [0, 0.1) is 0 Å². The number of hydrogen-bond donors (Lipinski definition) is 2. The molecule has 36 heavy (non-hydrogen) atoms. The zero-order chi connectivity index (χ0) is 25.5. The van der Waals surface area contributed by atoms with Crippen LogP contribution in [0.3, 0.4) is 0 Å². The van der Waals surface area contributed by atoms with E-state index >= 15 is 0 Å². The Morgan fingerprint density at radius 3 is 2.64 bits per heavy atom. The van der Waals surface area contributed by atoms with E-state index < -0.39 is 5.56 Å². The first-order valence-corrected chi connectivity index (χ1v) is 12.3. The third kappa shape index (κ3) is 6.63. The van der Waals surface area contributed by atoms with E-state index in [-0.39, 0.29) is 17.7 Å². The minimum atomic E-state index is -0.393. The Kier molecular flexibility index (Phi) is 8.58. The number of rotatable bonds is 9. The SMILES string of the molecule is CC(C)Oc1cnn(-c2ccc(Cl)cc2)c(=O)c1Nc1cccc(C(=O)NCCN2CCOCC2)c1. The summed E-state index contributed by atoms with van der Waals surface area (Å²) >= 11 is 5.99. The molecule has 190 valence electrons. The van der Waals surface area contributed by atoms with E-state index in [2.05, 4.69) is 20.6 Å². The van der Waals surface area contributed by atoms with Crippen molar-refractivity contribution in [3.8, 4) is 11.4 Å². The lowest BCUT2D eigenvalue weighted by Crippen LogP contribution is -2.41. The molecule has 0 saturated carbocycles. The fraction of sp³-hybridized carbons (Fsp3) is 0.346. The van der Waals surface area contributed by atoms with Gasteiger partial charge in [-0.05, 0) is 56.3 Å². The molecule has 1 aromatic heterocycles. The summed E-state index contributed by atoms with van der Waals surface area (Å²) in [5, 5.41) is 10.9. The van der Waals surface area contributed by atoms with E-state index in [0.29, 0.717) is 34.3 Å². The molecule has 1 fully saturated rings. The van der Waals surface area contributed by atoms with E-state index in [1.807, 2.05) is 13.8 Å². The number of anilines is 2. The number of ether oxygens (including phenoxy) is 2. The van der Waals surface area contributed by atoms with Crippen LogP contribution < -0.4 is 20.9 Å². The van der Waals surface area contributed by atoms with E-state index in [1.54, 1.807) is 48.5 Å². The molecule has 2 N–H and O–H groups in total. The smallest absolute Gasteiger partial charge is 0.299 e. The topological polar surface area (TPSA) is 97.7 Å². The highest BCUT2D eigenvalue weighted by atomic mass is 35.5. The van der Waals surface area contributed by atoms with E-state index in [1.165, 1.54) is 10.9 Å². The van der Waals surface area contributed by atoms with E-state index in [4.69, 9.17) is 21.1 Å². The van der Waals surface area contributed by atoms with Gasteiger partial charge < -0.3 is 20.1 Å². The largest absolute Gasteiger partial charge is 0.487 e. The lowest BCUT2D eigenvalue weighted by atomic mass is 10.2. The number of amides is 1. The summed E-state index contributed by atoms with van der Waals surface area (Å²) in [5.74, 6) is 0.138. The van der Waals surface area contributed by atoms with Crippen molar-refractivity contribution in [3.05, 3.63) is 75.7 Å². The van der Waals surface area contributed by atoms with Gasteiger partial charge in [-0.3, -0.25) is 14.5 Å². The van der Waals surface area contributed by atoms with Gasteiger partial charge in [0.2, 0.25) is 0 Å². The van der Waals surface area contributed by atoms with Crippen molar-refractivity contribution >= 4 is 28.9 Å². The average Bonchev–Trinajstić information content (AvgIpc) is 2.87. The highest BCUT2D eigenvalue weighted by Crippen LogP contribution is 2.25. The van der Waals surface area contributed by atoms with E-state index in [9.17, 15) is 9.59 Å². The molecule has 1 saturated heterocycles. The molecule has 0 unspecified atom stereocenters. The maximum Gasteiger partial charge on any atom is 0.299 e. The summed E-state index contributed by atoms with van der Waals surface area (Å²) in [6.45, 7) is 8.23. The average molecular weight is 512 g/mol. The molecule has 1 aliphatic heterocycles. The minimum absolute atomic E-state index is 0.165. The monoisotopic (exact) mass is 511 g/mol. The Morgan fingerprint density at radius 2 is 1.92 bits per heavy atom. The van der Waals surface area contributed by atoms with Crippen molar-refractivity contribution in [3.63, 3.8) is 0 Å². The van der Waals surface area contributed by atoms with Crippen molar-refractivity contribution in [1.82, 2.24) is 20.0 Å². The van der Waals surface area contributed by atoms with Crippen molar-refractivity contribution in [1.29, 1.82) is 0 Å². The van der Waals surface area contributed by atoms with Crippen molar-refractivity contribution in [2.45, 2.75) is 20.0 Å². The van der Waals surface area contributed by atoms with Gasteiger partial charge in [-0.2, -0.15) is 9.78 Å². The second-order valence-corrected chi connectivity index (χ2v) is 9.10. The first-order valence-electron chi connectivity index (χ1n) is 11.9. The van der Waals surface area contributed by atoms with Crippen molar-refractivity contribution in [2.75, 3.05) is 44.7 Å². The van der Waals surface area contributed by atoms with Crippen LogP contribution in [-0.4, -0.2) is 66.1 Å². The Labute approximate surface area is 215 Å². The maximum absolute atomic E-state index is 13.4. The summed E-state index contributed by atoms with van der Waals surface area (Å²) in [5.41, 5.74) is 1.46. The van der Waals surface area contributed by atoms with Crippen LogP contribution in [0.4, 0.5) is 11.4 Å². The molecular formula is C26H30ClN5O4. The molecule has 2 aromatic carbocycles. The highest BCUT2D eigenvalue weighted by Gasteiger charge is 2.17. The Morgan fingerprint density at radius 1 is 1.17 bits per heavy atom. The number of carbonyl (C=O) groups excluding carboxylic acids is 1. The maximum atomic E-state index is 13.4. The zero-order valence-electron chi connectivity index (χ0n) is 20.4. The highest BCUT2D eigenvalue weighted by molar-refractivity contribution is 6.30. The standard InChI is InChI=1S/C26H30ClN5O4/c1-18(2)36-23-17-29-32(22-8-6-20(27)7-9-22)26(34)24(23)30-21-5-3-4-19(16-21)25(33)28-10-11-31-12-14-35-15-13-31/h3-9,16-18,30H,10-15H2,1-2H3,(H,28,33). The van der Waals surface area contributed by atoms with Gasteiger partial charge in [-0.25, -0.2) is 0 Å². The quantitative estimate of drug-likeness (QED) is 0.454. The van der Waals surface area contributed by atoms with Crippen LogP contribution in [0.15, 0.2) is 59.5 Å². The van der Waals surface area contributed by atoms with Gasteiger partial charge >= 0.3 is 0 Å². The molecule has 2 heterocycles. The van der Waals surface area contributed by atoms with Gasteiger partial charge in [-0.15, -0.1) is 0 Å². The molecule has 1 amide bonds. The molecule has 0 bridgehead atoms. The molecule has 10 heteroatoms. The number of aromatic nitrogens is 2. The normalized spacial score (nSPS) is 14.0. The summed E-state index contributed by atoms with van der Waals surface area (Å²) in [6, 6.07) is 13.8. The molecule has 0 aliphatic carbocycles. The second kappa shape index (κ2) is 12.0. The van der Waals surface area contributed by atoms with Crippen LogP contribution in [0.5, 0.6) is 5.75 Å². The summed E-state index contributed by atoms with van der Waals surface area (Å²) < 4.78 is 12.5. The fourth-order valence-corrected chi connectivity index (χ4v) is 3.93. The van der Waals surface area contributed by atoms with E-state index in [0.717, 1.165) is 32.8 Å². The van der Waals surface area contributed by atoms with Gasteiger partial charge in [0.1, 0.15) is 0 Å². The Bertz CT molecular complexity index is 1240. The minimum Gasteiger partial charge on any atom is -0.487 e. The van der Waals surface area contributed by atoms with Gasteiger partial charge in [0.05, 0.1) is 31.2 Å². The first kappa shape index (κ1) is 25.7. The first-order chi connectivity index (χ1) is 17.4. The Hall–Kier alpha value is -3.40. The third-order valence-corrected chi connectivity index (χ3v) is 5.84. The van der Waals surface area contributed by atoms with Crippen LogP contribution >= 0.6 is 11.6 Å². The number of nitrogens with one attached hydrogen (secondary N) is 2. The van der Waals surface area contributed by atoms with Crippen LogP contribution in [0.25, 0.3) is 5.69 Å². The van der Waals surface area contributed by atoms with Gasteiger partial charge in [0.25, 0.3) is 11.5 Å². The predicted molar refractivity (Wildman–Crippen MR) is 140 cm³/mol. The molecule has 0 atom stereocenters. The van der Waals surface area contributed by atoms with Gasteiger partial charge in [0, 0.05) is 42.5 Å². The van der Waals surface area contributed by atoms with Gasteiger partial charge in [-0.1, -0.05) is 17.7 Å². The summed E-state index contributed by atoms with van der Waals surface area (Å²) in [6.07, 6.45) is 1.34. The summed E-state index contributed by atoms with van der Waals surface area (Å²) in [4.78, 5) is 28.4. The second-order valence-electron chi connectivity index (χ2n) is 8.66. The fourth-order valence-electron chi connectivity index (χ4n) is 3.80. The predicted octanol–water partition coefficient (Wildman–Crippen LogP) is 3.48. The number of hydrogen-bond acceptors (Lipinski definition) is 7. The van der Waals surface area contributed by atoms with Crippen molar-refractivity contribution in [2.24, 2.45) is 0 Å². The van der Waals surface area contributed by atoms with Crippen molar-refractivity contribution < 1.29 is 14.3 Å². The van der Waals surface area contributed by atoms with Gasteiger partial charge in [0.15, 0.2) is 11.4 Å². The molecule has 0 radical (unpaired) electrons. The summed E-state index contributed by atoms with van der Waals surface area (Å²) in [7, 11) is 0. The molecular weight excluding hydrogens is 482 g/mol. The number of benzene rings is 2. The third-order valence-electron chi connectivity index (χ3n) is 5.59. The number of nitrogens with zero attached hydrogens (tertiary/aromatic N) is 3. The van der Waals surface area contributed by atoms with Crippen LogP contribution in [0.1, 0.15) is 24.2 Å². The zero-order valence-corrected chi connectivity index (χ0v) is 21.1. The van der Waals surface area contributed by atoms with Crippen LogP contribution in [0.2, 0.25) is 5.02 Å². The molecule has 3 aromatic rings. The Balaban J connectivity index is 1.53. The number of morpholine rings is 1. The number of halogens is 1. The lowest BCUT2D eigenvalue weighted by molar-refractivity contribution is 0.0383. The van der Waals surface area contributed by atoms with Crippen LogP contribution in [-0.2, 0) is 4.74 Å². The number of carbonyl (C=O) groups is 1. The lowest BCUT2D eigenvalue weighted by Gasteiger charge is -2.26. The molecule has 0 spiro atoms.